The monoisotopic (exact) mass is 359 g/mol. The molecule has 3 aromatic rings. The number of hydrogen-bond acceptors (Lipinski definition) is 5. The van der Waals surface area contributed by atoms with Crippen LogP contribution in [-0.4, -0.2) is 15.2 Å². The first kappa shape index (κ1) is 16.5. The summed E-state index contributed by atoms with van der Waals surface area (Å²) >= 11 is 12.3. The van der Waals surface area contributed by atoms with Crippen molar-refractivity contribution in [1.29, 1.82) is 0 Å². The highest BCUT2D eigenvalue weighted by Crippen LogP contribution is 2.26. The fourth-order valence-electron chi connectivity index (χ4n) is 2.10. The highest BCUT2D eigenvalue weighted by Gasteiger charge is 2.06. The molecule has 0 radical (unpaired) electrons. The molecule has 2 N–H and O–H groups in total. The van der Waals surface area contributed by atoms with Crippen LogP contribution < -0.4 is 10.6 Å². The molecule has 0 aliphatic heterocycles. The first-order chi connectivity index (χ1) is 11.5. The summed E-state index contributed by atoms with van der Waals surface area (Å²) in [5, 5.41) is 15.6. The van der Waals surface area contributed by atoms with Gasteiger partial charge >= 0.3 is 0 Å². The van der Waals surface area contributed by atoms with E-state index in [1.54, 1.807) is 6.20 Å². The molecule has 0 amide bonds. The number of nitrogens with zero attached hydrogens (tertiary/aromatic N) is 3. The summed E-state index contributed by atoms with van der Waals surface area (Å²) in [6.07, 6.45) is 1.55. The second-order valence-electron chi connectivity index (χ2n) is 5.29. The zero-order valence-electron chi connectivity index (χ0n) is 13.1. The van der Waals surface area contributed by atoms with Crippen molar-refractivity contribution in [2.24, 2.45) is 0 Å². The molecule has 122 valence electrons. The lowest BCUT2D eigenvalue weighted by molar-refractivity contribution is 0.982. The Morgan fingerprint density at radius 2 is 1.79 bits per heavy atom. The van der Waals surface area contributed by atoms with E-state index in [-0.39, 0.29) is 0 Å². The molecule has 0 aliphatic rings. The molecule has 1 heterocycles. The van der Waals surface area contributed by atoms with Crippen LogP contribution in [0.3, 0.4) is 0 Å². The molecule has 24 heavy (non-hydrogen) atoms. The Labute approximate surface area is 150 Å². The third kappa shape index (κ3) is 3.75. The second kappa shape index (κ2) is 7.03. The number of aromatic nitrogens is 3. The fraction of sp³-hybridized carbons (Fsp3) is 0.118. The van der Waals surface area contributed by atoms with Crippen LogP contribution >= 0.6 is 23.2 Å². The molecule has 7 heteroatoms. The van der Waals surface area contributed by atoms with Crippen molar-refractivity contribution in [3.8, 4) is 0 Å². The van der Waals surface area contributed by atoms with Crippen molar-refractivity contribution in [2.75, 3.05) is 10.6 Å². The van der Waals surface area contributed by atoms with Crippen LogP contribution in [-0.2, 0) is 0 Å². The van der Waals surface area contributed by atoms with Gasteiger partial charge in [0.25, 0.3) is 0 Å². The van der Waals surface area contributed by atoms with Gasteiger partial charge in [-0.1, -0.05) is 35.3 Å². The Hall–Kier alpha value is -2.37. The molecule has 0 atom stereocenters. The van der Waals surface area contributed by atoms with Gasteiger partial charge in [0.2, 0.25) is 5.95 Å². The van der Waals surface area contributed by atoms with Gasteiger partial charge in [-0.05, 0) is 49.2 Å². The maximum Gasteiger partial charge on any atom is 0.249 e. The Morgan fingerprint density at radius 1 is 0.958 bits per heavy atom. The van der Waals surface area contributed by atoms with Crippen molar-refractivity contribution in [1.82, 2.24) is 15.2 Å². The number of hydrogen-bond donors (Lipinski definition) is 2. The van der Waals surface area contributed by atoms with Crippen LogP contribution in [0.5, 0.6) is 0 Å². The van der Waals surface area contributed by atoms with E-state index in [2.05, 4.69) is 25.8 Å². The minimum absolute atomic E-state index is 0.375. The molecule has 0 fully saturated rings. The van der Waals surface area contributed by atoms with E-state index in [1.807, 2.05) is 50.2 Å². The highest BCUT2D eigenvalue weighted by atomic mass is 35.5. The van der Waals surface area contributed by atoms with E-state index < -0.39 is 0 Å². The molecule has 0 aliphatic carbocycles. The summed E-state index contributed by atoms with van der Waals surface area (Å²) in [6.45, 7) is 3.88. The standard InChI is InChI=1S/C17H15Cl2N5/c1-10-6-7-12(8-14(10)19)21-17-23-16(9-20-24-17)22-15-5-3-4-13(18)11(15)2/h3-9H,1-2H3,(H2,21,22,23,24). The van der Waals surface area contributed by atoms with Gasteiger partial charge in [0.05, 0.1) is 6.20 Å². The molecule has 0 spiro atoms. The average molecular weight is 360 g/mol. The molecule has 0 bridgehead atoms. The zero-order chi connectivity index (χ0) is 17.1. The van der Waals surface area contributed by atoms with Gasteiger partial charge in [-0.25, -0.2) is 0 Å². The first-order valence-corrected chi connectivity index (χ1v) is 8.03. The van der Waals surface area contributed by atoms with Crippen LogP contribution in [0.15, 0.2) is 42.6 Å². The molecule has 3 rings (SSSR count). The molecule has 2 aromatic carbocycles. The topological polar surface area (TPSA) is 62.7 Å². The smallest absolute Gasteiger partial charge is 0.249 e. The van der Waals surface area contributed by atoms with Crippen LogP contribution in [0.1, 0.15) is 11.1 Å². The van der Waals surface area contributed by atoms with E-state index in [0.29, 0.717) is 21.8 Å². The van der Waals surface area contributed by atoms with Gasteiger partial charge in [0, 0.05) is 21.4 Å². The zero-order valence-corrected chi connectivity index (χ0v) is 14.7. The van der Waals surface area contributed by atoms with E-state index >= 15 is 0 Å². The van der Waals surface area contributed by atoms with Gasteiger partial charge in [-0.3, -0.25) is 0 Å². The quantitative estimate of drug-likeness (QED) is 0.663. The van der Waals surface area contributed by atoms with Gasteiger partial charge in [-0.15, -0.1) is 5.10 Å². The average Bonchev–Trinajstić information content (AvgIpc) is 2.56. The van der Waals surface area contributed by atoms with Crippen molar-refractivity contribution < 1.29 is 0 Å². The SMILES string of the molecule is Cc1ccc(Nc2nncc(Nc3cccc(Cl)c3C)n2)cc1Cl. The molecule has 1 aromatic heterocycles. The maximum atomic E-state index is 6.13. The number of anilines is 4. The van der Waals surface area contributed by atoms with Crippen LogP contribution in [0.25, 0.3) is 0 Å². The third-order valence-electron chi connectivity index (χ3n) is 3.52. The maximum absolute atomic E-state index is 6.13. The first-order valence-electron chi connectivity index (χ1n) is 7.28. The van der Waals surface area contributed by atoms with Crippen LogP contribution in [0.2, 0.25) is 10.0 Å². The van der Waals surface area contributed by atoms with Gasteiger partial charge in [0.15, 0.2) is 5.82 Å². The largest absolute Gasteiger partial charge is 0.339 e. The number of rotatable bonds is 4. The molecular formula is C17H15Cl2N5. The Balaban J connectivity index is 1.81. The lowest BCUT2D eigenvalue weighted by Crippen LogP contribution is -2.03. The lowest BCUT2D eigenvalue weighted by Gasteiger charge is -2.11. The second-order valence-corrected chi connectivity index (χ2v) is 6.11. The van der Waals surface area contributed by atoms with Gasteiger partial charge in [0.1, 0.15) is 0 Å². The van der Waals surface area contributed by atoms with E-state index in [1.165, 1.54) is 0 Å². The van der Waals surface area contributed by atoms with E-state index in [4.69, 9.17) is 23.2 Å². The Kier molecular flexibility index (Phi) is 4.83. The summed E-state index contributed by atoms with van der Waals surface area (Å²) in [5.41, 5.74) is 3.61. The van der Waals surface area contributed by atoms with Crippen molar-refractivity contribution >= 4 is 46.3 Å². The van der Waals surface area contributed by atoms with Crippen LogP contribution in [0, 0.1) is 13.8 Å². The summed E-state index contributed by atoms with van der Waals surface area (Å²) < 4.78 is 0. The minimum Gasteiger partial charge on any atom is -0.339 e. The number of benzene rings is 2. The predicted molar refractivity (Wildman–Crippen MR) is 98.8 cm³/mol. The number of nitrogens with one attached hydrogen (secondary N) is 2. The van der Waals surface area contributed by atoms with Crippen molar-refractivity contribution in [2.45, 2.75) is 13.8 Å². The van der Waals surface area contributed by atoms with E-state index in [9.17, 15) is 0 Å². The Morgan fingerprint density at radius 3 is 2.58 bits per heavy atom. The normalized spacial score (nSPS) is 10.5. The predicted octanol–water partition coefficient (Wildman–Crippen LogP) is 5.28. The summed E-state index contributed by atoms with van der Waals surface area (Å²) in [7, 11) is 0. The van der Waals surface area contributed by atoms with Crippen LogP contribution in [0.4, 0.5) is 23.1 Å². The molecule has 0 unspecified atom stereocenters. The van der Waals surface area contributed by atoms with E-state index in [0.717, 1.165) is 22.5 Å². The minimum atomic E-state index is 0.375. The van der Waals surface area contributed by atoms with Gasteiger partial charge < -0.3 is 10.6 Å². The fourth-order valence-corrected chi connectivity index (χ4v) is 2.45. The number of aryl methyl sites for hydroxylation is 1. The number of halogens is 2. The summed E-state index contributed by atoms with van der Waals surface area (Å²) in [5.74, 6) is 0.940. The summed E-state index contributed by atoms with van der Waals surface area (Å²) in [4.78, 5) is 4.40. The lowest BCUT2D eigenvalue weighted by atomic mass is 10.2. The van der Waals surface area contributed by atoms with Crippen molar-refractivity contribution in [3.63, 3.8) is 0 Å². The highest BCUT2D eigenvalue weighted by molar-refractivity contribution is 6.32. The molecule has 0 saturated carbocycles. The van der Waals surface area contributed by atoms with Gasteiger partial charge in [-0.2, -0.15) is 10.1 Å². The molecular weight excluding hydrogens is 345 g/mol. The molecule has 0 saturated heterocycles. The summed E-state index contributed by atoms with van der Waals surface area (Å²) in [6, 6.07) is 11.3. The van der Waals surface area contributed by atoms with Crippen molar-refractivity contribution in [3.05, 3.63) is 63.8 Å². The Bertz CT molecular complexity index is 883. The third-order valence-corrected chi connectivity index (χ3v) is 4.33. The molecule has 5 nitrogen and oxygen atoms in total.